The molecule has 0 aromatic rings. The molecule has 0 bridgehead atoms. The molecule has 0 N–H and O–H groups in total. The second kappa shape index (κ2) is 12.0. The van der Waals surface area contributed by atoms with E-state index in [9.17, 15) is 0 Å². The summed E-state index contributed by atoms with van der Waals surface area (Å²) < 4.78 is 13.0. The molecule has 0 heterocycles. The van der Waals surface area contributed by atoms with Crippen molar-refractivity contribution < 1.29 is 9.47 Å². The number of hydrogen-bond acceptors (Lipinski definition) is 4. The molecule has 1 unspecified atom stereocenters. The van der Waals surface area contributed by atoms with Crippen molar-refractivity contribution in [2.45, 2.75) is 169 Å². The van der Waals surface area contributed by atoms with Crippen molar-refractivity contribution in [1.29, 1.82) is 0 Å². The molecule has 32 heavy (non-hydrogen) atoms. The van der Waals surface area contributed by atoms with Crippen LogP contribution < -0.4 is 0 Å². The predicted molar refractivity (Wildman–Crippen MR) is 141 cm³/mol. The lowest BCUT2D eigenvalue weighted by Gasteiger charge is -2.62. The van der Waals surface area contributed by atoms with E-state index in [1.165, 1.54) is 38.5 Å². The van der Waals surface area contributed by atoms with Crippen LogP contribution in [0.4, 0.5) is 0 Å². The molecule has 1 atom stereocenters. The molecule has 0 rings (SSSR count). The Morgan fingerprint density at radius 2 is 0.938 bits per heavy atom. The molecule has 194 valence electrons. The number of methoxy groups -OCH3 is 2. The fourth-order valence-electron chi connectivity index (χ4n) is 6.16. The maximum atomic E-state index is 6.49. The van der Waals surface area contributed by atoms with Crippen molar-refractivity contribution in [3.63, 3.8) is 0 Å². The smallest absolute Gasteiger partial charge is 0.246 e. The van der Waals surface area contributed by atoms with Gasteiger partial charge in [0, 0.05) is 36.4 Å². The van der Waals surface area contributed by atoms with Crippen LogP contribution in [-0.2, 0) is 9.47 Å². The average Bonchev–Trinajstić information content (AvgIpc) is 2.56. The Kier molecular flexibility index (Phi) is 11.9. The van der Waals surface area contributed by atoms with Gasteiger partial charge in [0.1, 0.15) is 0 Å². The highest BCUT2D eigenvalue weighted by atomic mass is 16.7. The lowest BCUT2D eigenvalue weighted by atomic mass is 9.85. The molecule has 0 aliphatic heterocycles. The summed E-state index contributed by atoms with van der Waals surface area (Å²) in [6, 6.07) is 0.0714. The van der Waals surface area contributed by atoms with Gasteiger partial charge in [-0.3, -0.25) is 4.90 Å². The summed E-state index contributed by atoms with van der Waals surface area (Å²) in [5.74, 6) is -0.875. The fraction of sp³-hybridized carbons (Fsp3) is 1.00. The Morgan fingerprint density at radius 3 is 1.25 bits per heavy atom. The molecule has 0 saturated carbocycles. The van der Waals surface area contributed by atoms with Crippen molar-refractivity contribution in [1.82, 2.24) is 9.80 Å². The highest BCUT2D eigenvalue weighted by Gasteiger charge is 2.57. The van der Waals surface area contributed by atoms with E-state index >= 15 is 0 Å². The third kappa shape index (κ3) is 8.56. The third-order valence-electron chi connectivity index (χ3n) is 6.25. The van der Waals surface area contributed by atoms with Crippen molar-refractivity contribution in [2.24, 2.45) is 0 Å². The van der Waals surface area contributed by atoms with Crippen molar-refractivity contribution >= 4 is 0 Å². The highest BCUT2D eigenvalue weighted by Crippen LogP contribution is 2.44. The van der Waals surface area contributed by atoms with Crippen molar-refractivity contribution in [3.8, 4) is 0 Å². The lowest BCUT2D eigenvalue weighted by Crippen LogP contribution is -2.76. The number of hydrogen-bond donors (Lipinski definition) is 0. The Bertz CT molecular complexity index is 486. The standard InChI is InChI=1S/C28H60N2O2/c1-16-17-18-19-20-21-22-23(29(24(2,3)4)25(5,6)7)28(31-14,32-15)30(26(8,9)10)27(11,12)13/h23H,16-22H2,1-15H3. The maximum absolute atomic E-state index is 6.49. The summed E-state index contributed by atoms with van der Waals surface area (Å²) in [4.78, 5) is 5.10. The van der Waals surface area contributed by atoms with Crippen molar-refractivity contribution in [2.75, 3.05) is 14.2 Å². The van der Waals surface area contributed by atoms with Gasteiger partial charge in [-0.05, 0) is 89.5 Å². The molecule has 0 spiro atoms. The SMILES string of the molecule is CCCCCCCCC(N(C(C)(C)C)C(C)(C)C)C(OC)(OC)N(C(C)(C)C)C(C)(C)C. The highest BCUT2D eigenvalue weighted by molar-refractivity contribution is 5.03. The van der Waals surface area contributed by atoms with Crippen molar-refractivity contribution in [3.05, 3.63) is 0 Å². The van der Waals surface area contributed by atoms with Gasteiger partial charge in [0.2, 0.25) is 5.91 Å². The minimum atomic E-state index is -0.875. The first-order valence-corrected chi connectivity index (χ1v) is 13.0. The van der Waals surface area contributed by atoms with Gasteiger partial charge in [-0.2, -0.15) is 0 Å². The summed E-state index contributed by atoms with van der Waals surface area (Å²) >= 11 is 0. The molecular weight excluding hydrogens is 396 g/mol. The fourth-order valence-corrected chi connectivity index (χ4v) is 6.16. The van der Waals surface area contributed by atoms with E-state index in [1.54, 1.807) is 0 Å². The van der Waals surface area contributed by atoms with Crippen LogP contribution in [0.5, 0.6) is 0 Å². The van der Waals surface area contributed by atoms with Gasteiger partial charge in [0.25, 0.3) is 0 Å². The molecule has 0 aromatic heterocycles. The van der Waals surface area contributed by atoms with E-state index in [4.69, 9.17) is 9.47 Å². The van der Waals surface area contributed by atoms with Crippen LogP contribution in [0.15, 0.2) is 0 Å². The zero-order chi connectivity index (χ0) is 25.6. The maximum Gasteiger partial charge on any atom is 0.246 e. The molecule has 0 fully saturated rings. The third-order valence-corrected chi connectivity index (χ3v) is 6.25. The Balaban J connectivity index is 6.61. The quantitative estimate of drug-likeness (QED) is 0.220. The molecule has 0 aromatic carbocycles. The molecule has 0 saturated heterocycles. The minimum absolute atomic E-state index is 0.0468. The van der Waals surface area contributed by atoms with Crippen LogP contribution in [0.1, 0.15) is 135 Å². The van der Waals surface area contributed by atoms with E-state index < -0.39 is 5.91 Å². The first kappa shape index (κ1) is 31.8. The Labute approximate surface area is 202 Å². The molecular formula is C28H60N2O2. The minimum Gasteiger partial charge on any atom is -0.339 e. The van der Waals surface area contributed by atoms with Gasteiger partial charge in [0.15, 0.2) is 0 Å². The van der Waals surface area contributed by atoms with Gasteiger partial charge in [0.05, 0.1) is 6.04 Å². The summed E-state index contributed by atoms with van der Waals surface area (Å²) in [6.45, 7) is 29.8. The molecule has 0 radical (unpaired) electrons. The molecule has 0 aliphatic rings. The zero-order valence-electron chi connectivity index (χ0n) is 24.7. The Hall–Kier alpha value is -0.160. The normalized spacial score (nSPS) is 15.7. The average molecular weight is 457 g/mol. The van der Waals surface area contributed by atoms with Gasteiger partial charge >= 0.3 is 0 Å². The number of rotatable bonds is 12. The van der Waals surface area contributed by atoms with Crippen LogP contribution in [0.3, 0.4) is 0 Å². The lowest BCUT2D eigenvalue weighted by molar-refractivity contribution is -0.368. The Morgan fingerprint density at radius 1 is 0.562 bits per heavy atom. The summed E-state index contributed by atoms with van der Waals surface area (Å²) in [5.41, 5.74) is -0.389. The van der Waals surface area contributed by atoms with E-state index in [0.29, 0.717) is 0 Å². The van der Waals surface area contributed by atoms with Gasteiger partial charge in [-0.25, -0.2) is 4.90 Å². The first-order valence-electron chi connectivity index (χ1n) is 13.0. The van der Waals surface area contributed by atoms with E-state index in [1.807, 2.05) is 14.2 Å². The van der Waals surface area contributed by atoms with Crippen LogP contribution in [0.25, 0.3) is 0 Å². The predicted octanol–water partition coefficient (Wildman–Crippen LogP) is 7.85. The second-order valence-corrected chi connectivity index (χ2v) is 13.5. The molecule has 0 aliphatic carbocycles. The summed E-state index contributed by atoms with van der Waals surface area (Å²) in [7, 11) is 3.65. The van der Waals surface area contributed by atoms with Crippen LogP contribution >= 0.6 is 0 Å². The van der Waals surface area contributed by atoms with E-state index in [-0.39, 0.29) is 28.2 Å². The zero-order valence-corrected chi connectivity index (χ0v) is 24.7. The first-order chi connectivity index (χ1) is 14.3. The molecule has 0 amide bonds. The monoisotopic (exact) mass is 456 g/mol. The number of unbranched alkanes of at least 4 members (excludes halogenated alkanes) is 5. The second-order valence-electron chi connectivity index (χ2n) is 13.5. The number of ether oxygens (including phenoxy) is 2. The van der Waals surface area contributed by atoms with E-state index in [0.717, 1.165) is 6.42 Å². The summed E-state index contributed by atoms with van der Waals surface area (Å²) in [6.07, 6.45) is 8.72. The molecule has 4 nitrogen and oxygen atoms in total. The van der Waals surface area contributed by atoms with E-state index in [2.05, 4.69) is 99.8 Å². The van der Waals surface area contributed by atoms with Gasteiger partial charge in [-0.15, -0.1) is 0 Å². The summed E-state index contributed by atoms with van der Waals surface area (Å²) in [5, 5.41) is 0. The number of nitrogens with zero attached hydrogens (tertiary/aromatic N) is 2. The largest absolute Gasteiger partial charge is 0.339 e. The van der Waals surface area contributed by atoms with Crippen LogP contribution in [0.2, 0.25) is 0 Å². The van der Waals surface area contributed by atoms with Crippen LogP contribution in [0, 0.1) is 0 Å². The molecule has 4 heteroatoms. The van der Waals surface area contributed by atoms with Gasteiger partial charge < -0.3 is 9.47 Å². The van der Waals surface area contributed by atoms with Crippen LogP contribution in [-0.4, -0.2) is 58.1 Å². The topological polar surface area (TPSA) is 24.9 Å². The van der Waals surface area contributed by atoms with Gasteiger partial charge in [-0.1, -0.05) is 45.4 Å².